The molecule has 2 N–H and O–H groups in total. The summed E-state index contributed by atoms with van der Waals surface area (Å²) in [5, 5.41) is 4.56. The fourth-order valence-corrected chi connectivity index (χ4v) is 1.51. The van der Waals surface area contributed by atoms with Crippen LogP contribution in [0.2, 0.25) is 0 Å². The minimum Gasteiger partial charge on any atom is -0.465 e. The number of ether oxygens (including phenoxy) is 2. The Balaban J connectivity index is 3.58. The fraction of sp³-hybridized carbons (Fsp3) is 0.700. The summed E-state index contributed by atoms with van der Waals surface area (Å²) in [6.45, 7) is 2.72. The van der Waals surface area contributed by atoms with E-state index in [1.54, 1.807) is 6.92 Å². The van der Waals surface area contributed by atoms with Crippen LogP contribution < -0.4 is 10.6 Å². The molecule has 0 unspecified atom stereocenters. The molecule has 0 spiro atoms. The Morgan fingerprint density at radius 2 is 1.94 bits per heavy atom. The molecule has 0 saturated heterocycles. The minimum atomic E-state index is -0.575. The van der Waals surface area contributed by atoms with E-state index in [0.29, 0.717) is 19.8 Å². The third kappa shape index (κ3) is 9.91. The average Bonchev–Trinajstić information content (AvgIpc) is 2.29. The van der Waals surface area contributed by atoms with Gasteiger partial charge in [-0.3, -0.25) is 14.9 Å². The van der Waals surface area contributed by atoms with Crippen molar-refractivity contribution in [2.45, 2.75) is 6.92 Å². The summed E-state index contributed by atoms with van der Waals surface area (Å²) in [5.41, 5.74) is 0. The first-order chi connectivity index (χ1) is 8.60. The highest BCUT2D eigenvalue weighted by Gasteiger charge is 2.09. The maximum Gasteiger partial charge on any atom is 0.321 e. The lowest BCUT2D eigenvalue weighted by molar-refractivity contribution is -0.139. The van der Waals surface area contributed by atoms with Crippen LogP contribution in [0.4, 0.5) is 4.79 Å². The van der Waals surface area contributed by atoms with E-state index in [1.165, 1.54) is 7.11 Å². The highest BCUT2D eigenvalue weighted by Crippen LogP contribution is 1.99. The van der Waals surface area contributed by atoms with Crippen LogP contribution in [0.15, 0.2) is 0 Å². The fourth-order valence-electron chi connectivity index (χ4n) is 0.903. The van der Waals surface area contributed by atoms with E-state index in [-0.39, 0.29) is 17.5 Å². The predicted molar refractivity (Wildman–Crippen MR) is 67.4 cm³/mol. The Kier molecular flexibility index (Phi) is 10.1. The molecule has 0 heterocycles. The Bertz CT molecular complexity index is 285. The predicted octanol–water partition coefficient (Wildman–Crippen LogP) is -0.245. The van der Waals surface area contributed by atoms with Crippen molar-refractivity contribution in [1.82, 2.24) is 10.6 Å². The van der Waals surface area contributed by atoms with Crippen molar-refractivity contribution in [2.75, 3.05) is 38.4 Å². The first-order valence-electron chi connectivity index (χ1n) is 5.40. The van der Waals surface area contributed by atoms with E-state index in [1.807, 2.05) is 0 Å². The monoisotopic (exact) mass is 278 g/mol. The number of rotatable bonds is 8. The number of carbonyl (C=O) groups is 3. The normalized spacial score (nSPS) is 9.67. The van der Waals surface area contributed by atoms with Crippen molar-refractivity contribution in [2.24, 2.45) is 0 Å². The number of amides is 3. The van der Waals surface area contributed by atoms with Gasteiger partial charge < -0.3 is 14.8 Å². The van der Waals surface area contributed by atoms with Crippen LogP contribution in [0.25, 0.3) is 0 Å². The van der Waals surface area contributed by atoms with Crippen LogP contribution in [0, 0.1) is 0 Å². The van der Waals surface area contributed by atoms with Gasteiger partial charge in [-0.1, -0.05) is 0 Å². The number of methoxy groups -OCH3 is 1. The molecule has 18 heavy (non-hydrogen) atoms. The Morgan fingerprint density at radius 1 is 1.22 bits per heavy atom. The van der Waals surface area contributed by atoms with Gasteiger partial charge in [0.05, 0.1) is 24.7 Å². The second kappa shape index (κ2) is 10.8. The summed E-state index contributed by atoms with van der Waals surface area (Å²) in [4.78, 5) is 33.3. The van der Waals surface area contributed by atoms with Gasteiger partial charge in [-0.05, 0) is 6.92 Å². The van der Waals surface area contributed by atoms with Crippen molar-refractivity contribution in [3.63, 3.8) is 0 Å². The molecule has 0 aliphatic rings. The summed E-state index contributed by atoms with van der Waals surface area (Å²) in [6, 6.07) is -0.575. The highest BCUT2D eigenvalue weighted by atomic mass is 32.2. The van der Waals surface area contributed by atoms with Crippen molar-refractivity contribution in [3.05, 3.63) is 0 Å². The largest absolute Gasteiger partial charge is 0.465 e. The Labute approximate surface area is 110 Å². The van der Waals surface area contributed by atoms with Gasteiger partial charge in [-0.25, -0.2) is 4.79 Å². The van der Waals surface area contributed by atoms with E-state index in [9.17, 15) is 14.4 Å². The maximum atomic E-state index is 11.2. The van der Waals surface area contributed by atoms with Gasteiger partial charge >= 0.3 is 12.0 Å². The van der Waals surface area contributed by atoms with Crippen LogP contribution in [-0.2, 0) is 19.1 Å². The standard InChI is InChI=1S/C10H18N2O5S/c1-3-17-9(14)7-18-6-8(13)12-10(15)11-4-5-16-2/h3-7H2,1-2H3,(H2,11,12,13,15). The van der Waals surface area contributed by atoms with Crippen molar-refractivity contribution < 1.29 is 23.9 Å². The van der Waals surface area contributed by atoms with Crippen molar-refractivity contribution in [1.29, 1.82) is 0 Å². The second-order valence-electron chi connectivity index (χ2n) is 3.09. The number of esters is 1. The summed E-state index contributed by atoms with van der Waals surface area (Å²) in [5.74, 6) is -0.720. The van der Waals surface area contributed by atoms with Crippen LogP contribution in [-0.4, -0.2) is 56.3 Å². The molecular formula is C10H18N2O5S. The Morgan fingerprint density at radius 3 is 2.56 bits per heavy atom. The van der Waals surface area contributed by atoms with E-state index in [0.717, 1.165) is 11.8 Å². The third-order valence-corrected chi connectivity index (χ3v) is 2.51. The molecule has 8 heteroatoms. The molecule has 0 saturated carbocycles. The van der Waals surface area contributed by atoms with Crippen molar-refractivity contribution in [3.8, 4) is 0 Å². The molecule has 0 aliphatic heterocycles. The molecule has 0 rings (SSSR count). The van der Waals surface area contributed by atoms with Gasteiger partial charge in [-0.2, -0.15) is 0 Å². The number of urea groups is 1. The zero-order chi connectivity index (χ0) is 13.8. The van der Waals surface area contributed by atoms with Gasteiger partial charge in [0, 0.05) is 13.7 Å². The van der Waals surface area contributed by atoms with E-state index >= 15 is 0 Å². The summed E-state index contributed by atoms with van der Waals surface area (Å²) >= 11 is 1.09. The lowest BCUT2D eigenvalue weighted by atomic mass is 10.6. The van der Waals surface area contributed by atoms with E-state index in [2.05, 4.69) is 15.4 Å². The van der Waals surface area contributed by atoms with E-state index < -0.39 is 11.9 Å². The molecule has 0 aromatic carbocycles. The summed E-state index contributed by atoms with van der Waals surface area (Å²) < 4.78 is 9.41. The van der Waals surface area contributed by atoms with Crippen LogP contribution >= 0.6 is 11.8 Å². The number of hydrogen-bond acceptors (Lipinski definition) is 6. The smallest absolute Gasteiger partial charge is 0.321 e. The van der Waals surface area contributed by atoms with Crippen LogP contribution in [0.1, 0.15) is 6.92 Å². The number of carbonyl (C=O) groups excluding carboxylic acids is 3. The van der Waals surface area contributed by atoms with Crippen LogP contribution in [0.3, 0.4) is 0 Å². The lowest BCUT2D eigenvalue weighted by Gasteiger charge is -2.06. The second-order valence-corrected chi connectivity index (χ2v) is 4.08. The molecule has 0 atom stereocenters. The minimum absolute atomic E-state index is 0.0243. The Hall–Kier alpha value is -1.28. The zero-order valence-corrected chi connectivity index (χ0v) is 11.3. The lowest BCUT2D eigenvalue weighted by Crippen LogP contribution is -2.41. The molecule has 3 amide bonds. The van der Waals surface area contributed by atoms with Crippen molar-refractivity contribution >= 4 is 29.7 Å². The first kappa shape index (κ1) is 16.7. The van der Waals surface area contributed by atoms with Gasteiger partial charge in [0.15, 0.2) is 0 Å². The molecular weight excluding hydrogens is 260 g/mol. The number of imide groups is 1. The summed E-state index contributed by atoms with van der Waals surface area (Å²) in [7, 11) is 1.51. The molecule has 0 aromatic heterocycles. The molecule has 0 radical (unpaired) electrons. The van der Waals surface area contributed by atoms with Crippen LogP contribution in [0.5, 0.6) is 0 Å². The topological polar surface area (TPSA) is 93.7 Å². The highest BCUT2D eigenvalue weighted by molar-refractivity contribution is 8.00. The first-order valence-corrected chi connectivity index (χ1v) is 6.55. The number of nitrogens with one attached hydrogen (secondary N) is 2. The van der Waals surface area contributed by atoms with Gasteiger partial charge in [0.25, 0.3) is 0 Å². The van der Waals surface area contributed by atoms with Gasteiger partial charge in [0.1, 0.15) is 0 Å². The molecule has 0 fully saturated rings. The maximum absolute atomic E-state index is 11.2. The number of hydrogen-bond donors (Lipinski definition) is 2. The molecule has 104 valence electrons. The SMILES string of the molecule is CCOC(=O)CSCC(=O)NC(=O)NCCOC. The summed E-state index contributed by atoms with van der Waals surface area (Å²) in [6.07, 6.45) is 0. The van der Waals surface area contributed by atoms with Gasteiger partial charge in [-0.15, -0.1) is 11.8 Å². The third-order valence-electron chi connectivity index (χ3n) is 1.60. The molecule has 7 nitrogen and oxygen atoms in total. The number of thioether (sulfide) groups is 1. The zero-order valence-electron chi connectivity index (χ0n) is 10.5. The quantitative estimate of drug-likeness (QED) is 0.470. The van der Waals surface area contributed by atoms with E-state index in [4.69, 9.17) is 4.74 Å². The van der Waals surface area contributed by atoms with Gasteiger partial charge in [0.2, 0.25) is 5.91 Å². The average molecular weight is 278 g/mol. The molecule has 0 bridgehead atoms. The molecule has 0 aliphatic carbocycles. The molecule has 0 aromatic rings.